The van der Waals surface area contributed by atoms with Gasteiger partial charge in [-0.1, -0.05) is 36.4 Å². The van der Waals surface area contributed by atoms with Gasteiger partial charge in [0.25, 0.3) is 11.8 Å². The monoisotopic (exact) mass is 955 g/mol. The molecular formula is C51H53N15O5. The normalized spacial score (nSPS) is 17.0. The van der Waals surface area contributed by atoms with Crippen molar-refractivity contribution < 1.29 is 23.8 Å². The van der Waals surface area contributed by atoms with Crippen LogP contribution in [0.4, 0.5) is 17.5 Å². The van der Waals surface area contributed by atoms with E-state index in [-0.39, 0.29) is 37.1 Å². The summed E-state index contributed by atoms with van der Waals surface area (Å²) < 4.78 is 22.3. The fraction of sp³-hybridized carbons (Fsp3) is 0.255. The van der Waals surface area contributed by atoms with E-state index >= 15 is 0 Å². The molecule has 2 atom stereocenters. The quantitative estimate of drug-likeness (QED) is 0.109. The second-order valence-electron chi connectivity index (χ2n) is 17.2. The molecule has 20 heteroatoms. The Bertz CT molecular complexity index is 3320. The first kappa shape index (κ1) is 46.0. The summed E-state index contributed by atoms with van der Waals surface area (Å²) in [6.07, 6.45) is 11.9. The number of aromatic nitrogens is 9. The van der Waals surface area contributed by atoms with Crippen molar-refractivity contribution in [2.45, 2.75) is 32.4 Å². The number of carbonyl (C=O) groups is 2. The number of ether oxygens (including phenoxy) is 3. The molecule has 0 fully saturated rings. The number of carbonyl (C=O) groups excluding carboxylic acids is 2. The van der Waals surface area contributed by atoms with E-state index in [4.69, 9.17) is 19.2 Å². The average Bonchev–Trinajstić information content (AvgIpc) is 4.14. The number of nitrogens with one attached hydrogen (secondary N) is 6. The standard InChI is InChI=1S/2C17H17N5O2.C17H19N5O/c1-11-8-18-15-5-6-22-17(21-15)14(9-19-22)12-3-2-4-13(7-12)24-10-16(23)20-11;23-16-11-24-13-4-1-3-12(9-13)14-10-20-22-8-5-15(21-17(14)22)18-6-2-7-19-16;1-12-10-18-6-8-23-14-4-2-3-13(9-14)15-11-19-22-7-5-16(20-12)21-17(15)22/h2-7,9,11H,8,10H2,1H3,(H,18,21)(H,20,23);1,3-5,8-10H,2,6-7,11H2,(H,18,21)(H,19,23);2-5,7,9,11-12,18H,6,8,10H2,1H3,(H,20,21). The number of amides is 2. The molecule has 0 saturated carbocycles. The van der Waals surface area contributed by atoms with Gasteiger partial charge in [0.05, 0.1) is 18.6 Å². The highest BCUT2D eigenvalue weighted by Crippen LogP contribution is 2.30. The van der Waals surface area contributed by atoms with Crippen LogP contribution in [0.2, 0.25) is 0 Å². The Morgan fingerprint density at radius 1 is 0.507 bits per heavy atom. The summed E-state index contributed by atoms with van der Waals surface area (Å²) in [5, 5.41) is 32.2. The molecule has 0 spiro atoms. The highest BCUT2D eigenvalue weighted by atomic mass is 16.5. The summed E-state index contributed by atoms with van der Waals surface area (Å²) >= 11 is 0. The lowest BCUT2D eigenvalue weighted by Gasteiger charge is -2.16. The van der Waals surface area contributed by atoms with Gasteiger partial charge < -0.3 is 46.1 Å². The van der Waals surface area contributed by atoms with Gasteiger partial charge in [-0.05, 0) is 91.6 Å². The van der Waals surface area contributed by atoms with Gasteiger partial charge in [0.2, 0.25) is 0 Å². The summed E-state index contributed by atoms with van der Waals surface area (Å²) in [5.41, 5.74) is 8.17. The first-order valence-corrected chi connectivity index (χ1v) is 23.5. The number of rotatable bonds is 0. The zero-order chi connectivity index (χ0) is 48.5. The van der Waals surface area contributed by atoms with Crippen LogP contribution in [0.1, 0.15) is 20.3 Å². The van der Waals surface area contributed by atoms with Gasteiger partial charge in [-0.15, -0.1) is 0 Å². The minimum atomic E-state index is -0.151. The number of anilines is 3. The van der Waals surface area contributed by atoms with Crippen molar-refractivity contribution in [1.29, 1.82) is 0 Å². The first-order valence-electron chi connectivity index (χ1n) is 23.5. The predicted molar refractivity (Wildman–Crippen MR) is 270 cm³/mol. The zero-order valence-corrected chi connectivity index (χ0v) is 39.2. The Kier molecular flexibility index (Phi) is 13.8. The highest BCUT2D eigenvalue weighted by Gasteiger charge is 2.16. The van der Waals surface area contributed by atoms with Crippen LogP contribution in [0.3, 0.4) is 0 Å². The van der Waals surface area contributed by atoms with Crippen molar-refractivity contribution in [1.82, 2.24) is 59.7 Å². The summed E-state index contributed by atoms with van der Waals surface area (Å²) in [7, 11) is 0. The molecule has 6 aromatic heterocycles. The summed E-state index contributed by atoms with van der Waals surface area (Å²) in [4.78, 5) is 37.8. The smallest absolute Gasteiger partial charge is 0.258 e. The number of hydrogen-bond donors (Lipinski definition) is 6. The molecule has 2 unspecified atom stereocenters. The molecule has 71 heavy (non-hydrogen) atoms. The van der Waals surface area contributed by atoms with Gasteiger partial charge in [0, 0.05) is 80.1 Å². The van der Waals surface area contributed by atoms with E-state index in [2.05, 4.69) is 70.2 Å². The third kappa shape index (κ3) is 11.2. The Balaban J connectivity index is 0.000000123. The molecule has 0 aliphatic carbocycles. The Hall–Kier alpha value is -8.78. The van der Waals surface area contributed by atoms with Crippen molar-refractivity contribution in [3.05, 3.63) is 128 Å². The molecule has 0 radical (unpaired) electrons. The maximum atomic E-state index is 12.0. The first-order chi connectivity index (χ1) is 34.8. The molecule has 362 valence electrons. The third-order valence-electron chi connectivity index (χ3n) is 11.7. The van der Waals surface area contributed by atoms with Crippen LogP contribution in [0.15, 0.2) is 128 Å². The molecule has 3 aliphatic heterocycles. The predicted octanol–water partition coefficient (Wildman–Crippen LogP) is 5.59. The van der Waals surface area contributed by atoms with Crippen molar-refractivity contribution in [2.75, 3.05) is 68.5 Å². The molecule has 9 aromatic rings. The lowest BCUT2D eigenvalue weighted by atomic mass is 10.1. The second-order valence-corrected chi connectivity index (χ2v) is 17.2. The van der Waals surface area contributed by atoms with Crippen LogP contribution < -0.4 is 46.1 Å². The topological polar surface area (TPSA) is 225 Å². The number of nitrogens with zero attached hydrogens (tertiary/aromatic N) is 9. The number of fused-ring (bicyclic) bond motifs is 12. The van der Waals surface area contributed by atoms with E-state index in [0.29, 0.717) is 31.2 Å². The van der Waals surface area contributed by atoms with Gasteiger partial charge in [-0.3, -0.25) is 9.59 Å². The molecule has 20 nitrogen and oxygen atoms in total. The maximum Gasteiger partial charge on any atom is 0.258 e. The average molecular weight is 956 g/mol. The van der Waals surface area contributed by atoms with Gasteiger partial charge in [-0.25, -0.2) is 28.5 Å². The van der Waals surface area contributed by atoms with Gasteiger partial charge in [-0.2, -0.15) is 15.3 Å². The Morgan fingerprint density at radius 3 is 1.56 bits per heavy atom. The van der Waals surface area contributed by atoms with E-state index in [1.54, 1.807) is 25.9 Å². The molecule has 2 amide bonds. The van der Waals surface area contributed by atoms with Crippen molar-refractivity contribution >= 4 is 46.2 Å². The number of benzene rings is 3. The maximum absolute atomic E-state index is 12.0. The lowest BCUT2D eigenvalue weighted by molar-refractivity contribution is -0.124. The van der Waals surface area contributed by atoms with Crippen LogP contribution >= 0.6 is 0 Å². The molecule has 9 heterocycles. The van der Waals surface area contributed by atoms with Gasteiger partial charge in [0.1, 0.15) is 41.3 Å². The summed E-state index contributed by atoms with van der Waals surface area (Å²) in [5.74, 6) is 4.27. The molecule has 0 saturated heterocycles. The highest BCUT2D eigenvalue weighted by molar-refractivity contribution is 5.82. The van der Waals surface area contributed by atoms with Crippen LogP contribution in [-0.2, 0) is 9.59 Å². The fourth-order valence-electron chi connectivity index (χ4n) is 8.12. The minimum Gasteiger partial charge on any atom is -0.492 e. The van der Waals surface area contributed by atoms with Crippen molar-refractivity contribution in [3.8, 4) is 50.6 Å². The van der Waals surface area contributed by atoms with Crippen LogP contribution in [-0.4, -0.2) is 120 Å². The molecular weight excluding hydrogens is 903 g/mol. The SMILES string of the molecule is CC1CNCCOc2cccc(c2)-c2cnn3ccc(nc23)N1.CC1CNc2ccn3ncc(c3n2)-c2cccc(c2)OCC(=O)N1.O=C1COc2cccc(c2)-c2cnn3ccc(nc23)NCCCN1. The van der Waals surface area contributed by atoms with Crippen LogP contribution in [0.25, 0.3) is 50.3 Å². The van der Waals surface area contributed by atoms with Crippen molar-refractivity contribution in [3.63, 3.8) is 0 Å². The molecule has 12 rings (SSSR count). The zero-order valence-electron chi connectivity index (χ0n) is 39.2. The fourth-order valence-corrected chi connectivity index (χ4v) is 8.12. The number of hydrogen-bond acceptors (Lipinski definition) is 15. The molecule has 3 aliphatic rings. The Morgan fingerprint density at radius 2 is 0.986 bits per heavy atom. The summed E-state index contributed by atoms with van der Waals surface area (Å²) in [6.45, 7) is 8.24. The van der Waals surface area contributed by atoms with Gasteiger partial charge in [0.15, 0.2) is 30.2 Å². The van der Waals surface area contributed by atoms with Crippen molar-refractivity contribution in [2.24, 2.45) is 0 Å². The van der Waals surface area contributed by atoms with Gasteiger partial charge >= 0.3 is 0 Å². The lowest BCUT2D eigenvalue weighted by Crippen LogP contribution is -2.40. The second kappa shape index (κ2) is 21.2. The molecule has 12 bridgehead atoms. The van der Waals surface area contributed by atoms with Crippen LogP contribution in [0.5, 0.6) is 17.2 Å². The van der Waals surface area contributed by atoms with E-state index in [0.717, 1.165) is 99.6 Å². The molecule has 6 N–H and O–H groups in total. The summed E-state index contributed by atoms with van der Waals surface area (Å²) in [6, 6.07) is 29.2. The van der Waals surface area contributed by atoms with E-state index in [1.807, 2.05) is 117 Å². The van der Waals surface area contributed by atoms with E-state index in [1.165, 1.54) is 0 Å². The largest absolute Gasteiger partial charge is 0.492 e. The third-order valence-corrected chi connectivity index (χ3v) is 11.7. The van der Waals surface area contributed by atoms with Crippen LogP contribution in [0, 0.1) is 0 Å². The Labute approximate surface area is 408 Å². The minimum absolute atomic E-state index is 0.00626. The molecule has 3 aromatic carbocycles. The van der Waals surface area contributed by atoms with E-state index < -0.39 is 0 Å². The van der Waals surface area contributed by atoms with E-state index in [9.17, 15) is 9.59 Å².